The zero-order valence-corrected chi connectivity index (χ0v) is 18.8. The number of benzene rings is 1. The van der Waals surface area contributed by atoms with Gasteiger partial charge >= 0.3 is 5.97 Å². The Labute approximate surface area is 164 Å². The minimum atomic E-state index is -2.42. The molecular weight excluding hydrogens is 352 g/mol. The maximum Gasteiger partial charge on any atom is 0.316 e. The number of hydrogen-bond acceptors (Lipinski definition) is 4. The molecule has 1 aromatic carbocycles. The number of carbonyl (C=O) groups is 1. The Morgan fingerprint density at radius 3 is 2.04 bits per heavy atom. The first kappa shape index (κ1) is 21.3. The minimum Gasteiger partial charge on any atom is -0.426 e. The second-order valence-electron chi connectivity index (χ2n) is 8.84. The molecule has 0 saturated heterocycles. The number of esters is 1. The molecule has 5 heteroatoms. The average molecular weight is 385 g/mol. The van der Waals surface area contributed by atoms with Crippen molar-refractivity contribution in [2.24, 2.45) is 5.41 Å². The van der Waals surface area contributed by atoms with E-state index in [1.165, 1.54) is 0 Å². The van der Waals surface area contributed by atoms with E-state index in [4.69, 9.17) is 14.7 Å². The van der Waals surface area contributed by atoms with E-state index in [1.54, 1.807) is 0 Å². The van der Waals surface area contributed by atoms with Crippen LogP contribution in [-0.4, -0.2) is 24.0 Å². The normalized spacial score (nSPS) is 12.5. The molecule has 2 rings (SSSR count). The van der Waals surface area contributed by atoms with Gasteiger partial charge in [-0.3, -0.25) is 4.79 Å². The van der Waals surface area contributed by atoms with E-state index in [1.807, 2.05) is 51.4 Å². The van der Waals surface area contributed by atoms with Gasteiger partial charge in [-0.25, -0.2) is 9.97 Å². The summed E-state index contributed by atoms with van der Waals surface area (Å²) < 4.78 is 5.96. The van der Waals surface area contributed by atoms with Crippen molar-refractivity contribution < 1.29 is 9.53 Å². The van der Waals surface area contributed by atoms with Gasteiger partial charge in [-0.15, -0.1) is 0 Å². The molecule has 0 spiro atoms. The van der Waals surface area contributed by atoms with E-state index in [-0.39, 0.29) is 5.97 Å². The van der Waals surface area contributed by atoms with Crippen LogP contribution in [0.2, 0.25) is 11.1 Å². The lowest BCUT2D eigenvalue weighted by molar-refractivity contribution is -0.142. The van der Waals surface area contributed by atoms with E-state index in [0.29, 0.717) is 16.8 Å². The second kappa shape index (κ2) is 7.93. The fourth-order valence-electron chi connectivity index (χ4n) is 3.89. The molecule has 0 atom stereocenters. The highest BCUT2D eigenvalue weighted by atomic mass is 28.3. The monoisotopic (exact) mass is 384 g/mol. The van der Waals surface area contributed by atoms with Gasteiger partial charge in [0.25, 0.3) is 0 Å². The molecule has 0 aliphatic rings. The van der Waals surface area contributed by atoms with Crippen LogP contribution in [0.15, 0.2) is 36.7 Å². The summed E-state index contributed by atoms with van der Waals surface area (Å²) in [5, 5.41) is 1.14. The third-order valence-corrected chi connectivity index (χ3v) is 11.3. The van der Waals surface area contributed by atoms with E-state index in [2.05, 4.69) is 40.7 Å². The Bertz CT molecular complexity index is 788. The lowest BCUT2D eigenvalue weighted by atomic mass is 9.97. The summed E-state index contributed by atoms with van der Waals surface area (Å²) in [6.07, 6.45) is 3.63. The van der Waals surface area contributed by atoms with Gasteiger partial charge in [0.05, 0.1) is 5.41 Å². The highest BCUT2D eigenvalue weighted by Gasteiger charge is 2.49. The summed E-state index contributed by atoms with van der Waals surface area (Å²) in [7, 11) is -2.42. The average Bonchev–Trinajstić information content (AvgIpc) is 2.57. The number of hydrogen-bond donors (Lipinski definition) is 0. The van der Waals surface area contributed by atoms with E-state index >= 15 is 0 Å². The van der Waals surface area contributed by atoms with Crippen molar-refractivity contribution in [3.63, 3.8) is 0 Å². The summed E-state index contributed by atoms with van der Waals surface area (Å²) in [5.74, 6) is 0.440. The Morgan fingerprint density at radius 2 is 1.56 bits per heavy atom. The lowest BCUT2D eigenvalue weighted by Crippen LogP contribution is -2.65. The Morgan fingerprint density at radius 1 is 1.00 bits per heavy atom. The summed E-state index contributed by atoms with van der Waals surface area (Å²) in [6.45, 7) is 16.7. The number of ether oxygens (including phenoxy) is 1. The molecule has 27 heavy (non-hydrogen) atoms. The molecule has 2 aromatic rings. The summed E-state index contributed by atoms with van der Waals surface area (Å²) in [5.41, 5.74) is 2.15. The van der Waals surface area contributed by atoms with E-state index in [9.17, 15) is 4.79 Å². The van der Waals surface area contributed by atoms with Gasteiger partial charge in [0.2, 0.25) is 0 Å². The Hall–Kier alpha value is -2.01. The number of aromatic nitrogens is 2. The standard InChI is InChI=1S/C22H32N2O2Si/c1-15(2)27(16(3)4,21-23-13-10-14-24-21)19-17(5)11-9-12-18(19)26-20(25)22(6,7)8/h9-16H,1-8H3. The molecule has 0 saturated carbocycles. The molecule has 0 unspecified atom stereocenters. The van der Waals surface area contributed by atoms with Crippen LogP contribution in [0.4, 0.5) is 0 Å². The second-order valence-corrected chi connectivity index (χ2v) is 13.8. The van der Waals surface area contributed by atoms with Crippen LogP contribution in [-0.2, 0) is 4.79 Å². The highest BCUT2D eigenvalue weighted by Crippen LogP contribution is 2.35. The molecule has 146 valence electrons. The van der Waals surface area contributed by atoms with Gasteiger partial charge in [-0.2, -0.15) is 0 Å². The fourth-order valence-corrected chi connectivity index (χ4v) is 9.49. The molecule has 0 N–H and O–H groups in total. The molecular formula is C22H32N2O2Si. The van der Waals surface area contributed by atoms with Crippen molar-refractivity contribution in [2.45, 2.75) is 66.5 Å². The van der Waals surface area contributed by atoms with Crippen LogP contribution in [0.3, 0.4) is 0 Å². The third-order valence-electron chi connectivity index (χ3n) is 5.22. The van der Waals surface area contributed by atoms with Crippen LogP contribution in [0.5, 0.6) is 5.75 Å². The first-order valence-corrected chi connectivity index (χ1v) is 11.8. The van der Waals surface area contributed by atoms with Crippen LogP contribution >= 0.6 is 0 Å². The summed E-state index contributed by atoms with van der Waals surface area (Å²) in [4.78, 5) is 22.0. The molecule has 0 bridgehead atoms. The van der Waals surface area contributed by atoms with Crippen molar-refractivity contribution in [3.8, 4) is 5.75 Å². The third kappa shape index (κ3) is 3.98. The number of nitrogens with zero attached hydrogens (tertiary/aromatic N) is 2. The van der Waals surface area contributed by atoms with Gasteiger partial charge in [-0.1, -0.05) is 39.8 Å². The first-order valence-electron chi connectivity index (χ1n) is 9.62. The summed E-state index contributed by atoms with van der Waals surface area (Å²) in [6, 6.07) is 7.82. The summed E-state index contributed by atoms with van der Waals surface area (Å²) >= 11 is 0. The zero-order valence-electron chi connectivity index (χ0n) is 17.8. The van der Waals surface area contributed by atoms with Crippen molar-refractivity contribution >= 4 is 24.7 Å². The first-order chi connectivity index (χ1) is 12.5. The van der Waals surface area contributed by atoms with Gasteiger partial charge < -0.3 is 4.74 Å². The topological polar surface area (TPSA) is 52.1 Å². The fraction of sp³-hybridized carbons (Fsp3) is 0.500. The largest absolute Gasteiger partial charge is 0.426 e. The van der Waals surface area contributed by atoms with Crippen LogP contribution < -0.4 is 15.4 Å². The van der Waals surface area contributed by atoms with Gasteiger partial charge in [-0.05, 0) is 61.7 Å². The van der Waals surface area contributed by atoms with E-state index in [0.717, 1.165) is 16.2 Å². The molecule has 0 fully saturated rings. The quantitative estimate of drug-likeness (QED) is 0.442. The van der Waals surface area contributed by atoms with Gasteiger partial charge in [0, 0.05) is 12.4 Å². The predicted octanol–water partition coefficient (Wildman–Crippen LogP) is 4.12. The molecule has 0 amide bonds. The smallest absolute Gasteiger partial charge is 0.316 e. The number of carbonyl (C=O) groups excluding carboxylic acids is 1. The maximum absolute atomic E-state index is 12.7. The number of aryl methyl sites for hydroxylation is 1. The Balaban J connectivity index is 2.79. The van der Waals surface area contributed by atoms with Gasteiger partial charge in [0.1, 0.15) is 11.2 Å². The van der Waals surface area contributed by atoms with Gasteiger partial charge in [0.15, 0.2) is 8.07 Å². The molecule has 1 aromatic heterocycles. The number of rotatable bonds is 5. The van der Waals surface area contributed by atoms with Crippen LogP contribution in [0.1, 0.15) is 54.0 Å². The molecule has 0 aliphatic carbocycles. The molecule has 0 aliphatic heterocycles. The molecule has 4 nitrogen and oxygen atoms in total. The highest BCUT2D eigenvalue weighted by molar-refractivity contribution is 7.03. The minimum absolute atomic E-state index is 0.223. The van der Waals surface area contributed by atoms with Crippen LogP contribution in [0, 0.1) is 12.3 Å². The zero-order chi connectivity index (χ0) is 20.4. The van der Waals surface area contributed by atoms with Crippen molar-refractivity contribution in [1.29, 1.82) is 0 Å². The SMILES string of the molecule is Cc1cccc(OC(=O)C(C)(C)C)c1[Si](c1ncccn1)(C(C)C)C(C)C. The Kier molecular flexibility index (Phi) is 6.25. The van der Waals surface area contributed by atoms with E-state index < -0.39 is 13.5 Å². The maximum atomic E-state index is 12.7. The molecule has 0 radical (unpaired) electrons. The van der Waals surface area contributed by atoms with Crippen molar-refractivity contribution in [1.82, 2.24) is 9.97 Å². The lowest BCUT2D eigenvalue weighted by Gasteiger charge is -2.40. The van der Waals surface area contributed by atoms with Crippen LogP contribution in [0.25, 0.3) is 0 Å². The predicted molar refractivity (Wildman–Crippen MR) is 114 cm³/mol. The van der Waals surface area contributed by atoms with Crippen molar-refractivity contribution in [3.05, 3.63) is 42.2 Å². The van der Waals surface area contributed by atoms with Crippen molar-refractivity contribution in [2.75, 3.05) is 0 Å². The molecule has 1 heterocycles.